The number of piperazine rings is 1. The van der Waals surface area contributed by atoms with E-state index in [-0.39, 0.29) is 0 Å². The largest absolute Gasteiger partial charge is 0.370 e. The first-order chi connectivity index (χ1) is 11.2. The molecule has 0 atom stereocenters. The molecule has 2 N–H and O–H groups in total. The Morgan fingerprint density at radius 2 is 2.13 bits per heavy atom. The van der Waals surface area contributed by atoms with Crippen molar-refractivity contribution >= 4 is 33.8 Å². The van der Waals surface area contributed by atoms with E-state index in [4.69, 9.17) is 5.73 Å². The Balaban J connectivity index is 1.41. The van der Waals surface area contributed by atoms with Crippen LogP contribution in [0.1, 0.15) is 17.1 Å². The molecular weight excluding hydrogens is 328 g/mol. The number of anilines is 1. The summed E-state index contributed by atoms with van der Waals surface area (Å²) in [6.07, 6.45) is 3.83. The van der Waals surface area contributed by atoms with Gasteiger partial charge in [-0.1, -0.05) is 0 Å². The summed E-state index contributed by atoms with van der Waals surface area (Å²) in [6, 6.07) is 0. The van der Waals surface area contributed by atoms with Crippen LogP contribution in [-0.2, 0) is 6.42 Å². The van der Waals surface area contributed by atoms with Gasteiger partial charge in [0.2, 0.25) is 0 Å². The zero-order valence-corrected chi connectivity index (χ0v) is 14.9. The van der Waals surface area contributed by atoms with Crippen molar-refractivity contribution in [3.05, 3.63) is 27.7 Å². The summed E-state index contributed by atoms with van der Waals surface area (Å²) in [7, 11) is 0. The van der Waals surface area contributed by atoms with Gasteiger partial charge in [0.25, 0.3) is 0 Å². The first kappa shape index (κ1) is 16.2. The Morgan fingerprint density at radius 3 is 2.78 bits per heavy atom. The zero-order chi connectivity index (χ0) is 16.1. The number of hydrogen-bond acceptors (Lipinski definition) is 6. The molecule has 0 bridgehead atoms. The van der Waals surface area contributed by atoms with Gasteiger partial charge in [-0.25, -0.2) is 9.97 Å². The van der Waals surface area contributed by atoms with E-state index in [9.17, 15) is 0 Å². The zero-order valence-electron chi connectivity index (χ0n) is 13.3. The van der Waals surface area contributed by atoms with Crippen LogP contribution in [0.2, 0.25) is 0 Å². The average Bonchev–Trinajstić information content (AvgIpc) is 3.23. The van der Waals surface area contributed by atoms with Gasteiger partial charge in [-0.15, -0.1) is 22.7 Å². The Morgan fingerprint density at radius 1 is 1.30 bits per heavy atom. The van der Waals surface area contributed by atoms with Crippen molar-refractivity contribution in [3.8, 4) is 0 Å². The summed E-state index contributed by atoms with van der Waals surface area (Å²) >= 11 is 3.41. The monoisotopic (exact) mass is 350 g/mol. The summed E-state index contributed by atoms with van der Waals surface area (Å²) < 4.78 is 0. The van der Waals surface area contributed by atoms with Crippen molar-refractivity contribution in [2.24, 2.45) is 10.7 Å². The molecule has 0 aromatic carbocycles. The highest BCUT2D eigenvalue weighted by Crippen LogP contribution is 2.18. The summed E-state index contributed by atoms with van der Waals surface area (Å²) in [5.74, 6) is 0.666. The maximum Gasteiger partial charge on any atom is 0.191 e. The van der Waals surface area contributed by atoms with E-state index >= 15 is 0 Å². The first-order valence-corrected chi connectivity index (χ1v) is 9.58. The lowest BCUT2D eigenvalue weighted by Crippen LogP contribution is -2.51. The van der Waals surface area contributed by atoms with Crippen LogP contribution in [0.4, 0.5) is 5.13 Å². The minimum atomic E-state index is 0.666. The van der Waals surface area contributed by atoms with Crippen molar-refractivity contribution in [1.29, 1.82) is 0 Å². The minimum absolute atomic E-state index is 0.666. The van der Waals surface area contributed by atoms with Crippen molar-refractivity contribution in [1.82, 2.24) is 14.9 Å². The fourth-order valence-electron chi connectivity index (χ4n) is 2.54. The Hall–Kier alpha value is -1.67. The Bertz CT molecular complexity index is 628. The van der Waals surface area contributed by atoms with Crippen LogP contribution < -0.4 is 10.6 Å². The molecule has 0 radical (unpaired) electrons. The number of thiazole rings is 2. The van der Waals surface area contributed by atoms with Crippen LogP contribution in [0, 0.1) is 6.92 Å². The van der Waals surface area contributed by atoms with Crippen molar-refractivity contribution in [2.75, 3.05) is 37.6 Å². The lowest BCUT2D eigenvalue weighted by atomic mass is 10.3. The van der Waals surface area contributed by atoms with Gasteiger partial charge in [0.15, 0.2) is 11.1 Å². The molecular formula is C15H22N6S2. The average molecular weight is 351 g/mol. The molecule has 0 aliphatic carbocycles. The molecule has 124 valence electrons. The third kappa shape index (κ3) is 4.42. The second-order valence-corrected chi connectivity index (χ2v) is 7.33. The molecule has 3 rings (SSSR count). The maximum atomic E-state index is 6.13. The molecule has 1 saturated heterocycles. The molecule has 6 nitrogen and oxygen atoms in total. The number of guanidine groups is 1. The van der Waals surface area contributed by atoms with Crippen LogP contribution in [0.3, 0.4) is 0 Å². The smallest absolute Gasteiger partial charge is 0.191 e. The van der Waals surface area contributed by atoms with Crippen LogP contribution >= 0.6 is 22.7 Å². The molecule has 0 spiro atoms. The van der Waals surface area contributed by atoms with E-state index in [0.717, 1.165) is 56.4 Å². The maximum absolute atomic E-state index is 6.13. The first-order valence-electron chi connectivity index (χ1n) is 7.82. The Kier molecular flexibility index (Phi) is 5.45. The van der Waals surface area contributed by atoms with E-state index < -0.39 is 0 Å². The highest BCUT2D eigenvalue weighted by molar-refractivity contribution is 7.13. The predicted molar refractivity (Wildman–Crippen MR) is 97.6 cm³/mol. The van der Waals surface area contributed by atoms with E-state index in [1.807, 2.05) is 18.5 Å². The van der Waals surface area contributed by atoms with Gasteiger partial charge >= 0.3 is 0 Å². The number of rotatable bonds is 5. The normalized spacial score (nSPS) is 16.1. The van der Waals surface area contributed by atoms with E-state index in [1.165, 1.54) is 5.01 Å². The molecule has 0 amide bonds. The van der Waals surface area contributed by atoms with Gasteiger partial charge in [0, 0.05) is 61.8 Å². The van der Waals surface area contributed by atoms with Crippen molar-refractivity contribution in [3.63, 3.8) is 0 Å². The Labute approximate surface area is 144 Å². The fourth-order valence-corrected chi connectivity index (χ4v) is 4.06. The topological polar surface area (TPSA) is 70.6 Å². The second-order valence-electron chi connectivity index (χ2n) is 5.51. The van der Waals surface area contributed by atoms with Gasteiger partial charge in [-0.3, -0.25) is 4.99 Å². The fraction of sp³-hybridized carbons (Fsp3) is 0.533. The number of hydrogen-bond donors (Lipinski definition) is 1. The van der Waals surface area contributed by atoms with E-state index in [1.54, 1.807) is 22.7 Å². The molecule has 23 heavy (non-hydrogen) atoms. The molecule has 0 unspecified atom stereocenters. The molecule has 2 aromatic rings. The molecule has 3 heterocycles. The third-order valence-electron chi connectivity index (χ3n) is 3.78. The quantitative estimate of drug-likeness (QED) is 0.507. The molecule has 0 saturated carbocycles. The summed E-state index contributed by atoms with van der Waals surface area (Å²) in [6.45, 7) is 6.49. The van der Waals surface area contributed by atoms with Crippen LogP contribution in [0.5, 0.6) is 0 Å². The highest BCUT2D eigenvalue weighted by atomic mass is 32.1. The predicted octanol–water partition coefficient (Wildman–Crippen LogP) is 1.98. The number of nitrogens with zero attached hydrogens (tertiary/aromatic N) is 5. The van der Waals surface area contributed by atoms with Gasteiger partial charge in [-0.2, -0.15) is 0 Å². The van der Waals surface area contributed by atoms with E-state index in [0.29, 0.717) is 5.96 Å². The van der Waals surface area contributed by atoms with Crippen molar-refractivity contribution < 1.29 is 0 Å². The molecule has 1 fully saturated rings. The highest BCUT2D eigenvalue weighted by Gasteiger charge is 2.19. The molecule has 1 aliphatic rings. The number of aromatic nitrogens is 2. The third-order valence-corrected chi connectivity index (χ3v) is 5.64. The molecule has 8 heteroatoms. The van der Waals surface area contributed by atoms with Gasteiger partial charge in [0.05, 0.1) is 5.01 Å². The lowest BCUT2D eigenvalue weighted by molar-refractivity contribution is 0.380. The summed E-state index contributed by atoms with van der Waals surface area (Å²) in [5.41, 5.74) is 7.23. The lowest BCUT2D eigenvalue weighted by Gasteiger charge is -2.35. The van der Waals surface area contributed by atoms with Crippen molar-refractivity contribution in [2.45, 2.75) is 19.8 Å². The standard InChI is InChI=1S/C15H22N6S2/c1-12-11-23-13(19-12)3-2-4-17-14(16)20-6-8-21(9-7-20)15-18-5-10-22-15/h5,10-11H,2-4,6-9H2,1H3,(H2,16,17). The van der Waals surface area contributed by atoms with Crippen LogP contribution in [0.15, 0.2) is 21.9 Å². The minimum Gasteiger partial charge on any atom is -0.370 e. The van der Waals surface area contributed by atoms with Gasteiger partial charge < -0.3 is 15.5 Å². The summed E-state index contributed by atoms with van der Waals surface area (Å²) in [4.78, 5) is 17.8. The SMILES string of the molecule is Cc1csc(CCCN=C(N)N2CCN(c3nccs3)CC2)n1. The van der Waals surface area contributed by atoms with Gasteiger partial charge in [-0.05, 0) is 13.3 Å². The molecule has 1 aliphatic heterocycles. The second kappa shape index (κ2) is 7.74. The summed E-state index contributed by atoms with van der Waals surface area (Å²) in [5, 5.41) is 6.39. The number of nitrogens with two attached hydrogens (primary N) is 1. The van der Waals surface area contributed by atoms with Crippen LogP contribution in [-0.4, -0.2) is 53.6 Å². The number of aryl methyl sites for hydroxylation is 2. The van der Waals surface area contributed by atoms with E-state index in [2.05, 4.69) is 30.1 Å². The molecule has 2 aromatic heterocycles. The van der Waals surface area contributed by atoms with Gasteiger partial charge in [0.1, 0.15) is 0 Å². The van der Waals surface area contributed by atoms with Crippen LogP contribution in [0.25, 0.3) is 0 Å². The number of aliphatic imine (C=N–C) groups is 1.